The van der Waals surface area contributed by atoms with E-state index in [-0.39, 0.29) is 11.1 Å². The monoisotopic (exact) mass is 258 g/mol. The van der Waals surface area contributed by atoms with E-state index in [9.17, 15) is 22.8 Å². The molecule has 0 bridgehead atoms. The Morgan fingerprint density at radius 1 is 1.17 bits per heavy atom. The fourth-order valence-electron chi connectivity index (χ4n) is 1.24. The summed E-state index contributed by atoms with van der Waals surface area (Å²) in [6, 6.07) is 1.34. The molecule has 3 nitrogen and oxygen atoms in total. The van der Waals surface area contributed by atoms with Crippen molar-refractivity contribution in [2.45, 2.75) is 6.92 Å². The lowest BCUT2D eigenvalue weighted by Crippen LogP contribution is -2.11. The van der Waals surface area contributed by atoms with Crippen molar-refractivity contribution in [1.82, 2.24) is 0 Å². The summed E-state index contributed by atoms with van der Waals surface area (Å²) in [6.45, 7) is 1.10. The number of carbonyl (C=O) groups excluding carboxylic acids is 2. The first-order valence-corrected chi connectivity index (χ1v) is 4.82. The highest BCUT2D eigenvalue weighted by molar-refractivity contribution is 6.19. The molecule has 0 heterocycles. The molecule has 6 heteroatoms. The van der Waals surface area contributed by atoms with Crippen LogP contribution in [0.5, 0.6) is 0 Å². The van der Waals surface area contributed by atoms with Gasteiger partial charge < -0.3 is 4.74 Å². The standard InChI is InChI=1S/C12H9F3O3/c1-6(16)8(12(17)18-2)3-7-4-9(13)11(15)10(14)5-7/h3-5H,1-2H3. The highest BCUT2D eigenvalue weighted by Gasteiger charge is 2.16. The number of hydrogen-bond acceptors (Lipinski definition) is 3. The van der Waals surface area contributed by atoms with E-state index in [1.165, 1.54) is 0 Å². The fraction of sp³-hybridized carbons (Fsp3) is 0.167. The van der Waals surface area contributed by atoms with Crippen LogP contribution in [0.2, 0.25) is 0 Å². The fourth-order valence-corrected chi connectivity index (χ4v) is 1.24. The van der Waals surface area contributed by atoms with Crippen molar-refractivity contribution in [3.63, 3.8) is 0 Å². The smallest absolute Gasteiger partial charge is 0.341 e. The van der Waals surface area contributed by atoms with Crippen molar-refractivity contribution < 1.29 is 27.5 Å². The van der Waals surface area contributed by atoms with Gasteiger partial charge in [0.2, 0.25) is 0 Å². The molecule has 0 radical (unpaired) electrons. The number of ketones is 1. The number of benzene rings is 1. The van der Waals surface area contributed by atoms with Crippen molar-refractivity contribution in [3.8, 4) is 0 Å². The van der Waals surface area contributed by atoms with E-state index in [4.69, 9.17) is 0 Å². The number of rotatable bonds is 3. The van der Waals surface area contributed by atoms with Gasteiger partial charge in [0.25, 0.3) is 0 Å². The molecule has 0 atom stereocenters. The van der Waals surface area contributed by atoms with Gasteiger partial charge >= 0.3 is 5.97 Å². The third-order valence-electron chi connectivity index (χ3n) is 2.10. The van der Waals surface area contributed by atoms with Crippen LogP contribution in [-0.2, 0) is 14.3 Å². The number of carbonyl (C=O) groups is 2. The van der Waals surface area contributed by atoms with Gasteiger partial charge in [-0.05, 0) is 30.7 Å². The Kier molecular flexibility index (Phi) is 4.25. The van der Waals surface area contributed by atoms with Gasteiger partial charge in [0, 0.05) is 0 Å². The first kappa shape index (κ1) is 14.0. The van der Waals surface area contributed by atoms with Crippen molar-refractivity contribution in [1.29, 1.82) is 0 Å². The third-order valence-corrected chi connectivity index (χ3v) is 2.10. The second kappa shape index (κ2) is 5.48. The van der Waals surface area contributed by atoms with E-state index in [0.29, 0.717) is 12.1 Å². The number of methoxy groups -OCH3 is 1. The molecule has 0 aliphatic carbocycles. The first-order chi connectivity index (χ1) is 8.36. The topological polar surface area (TPSA) is 43.4 Å². The molecule has 1 rings (SSSR count). The zero-order valence-corrected chi connectivity index (χ0v) is 9.59. The van der Waals surface area contributed by atoms with Crippen molar-refractivity contribution in [3.05, 3.63) is 40.7 Å². The summed E-state index contributed by atoms with van der Waals surface area (Å²) in [4.78, 5) is 22.4. The van der Waals surface area contributed by atoms with E-state index in [1.54, 1.807) is 0 Å². The maximum Gasteiger partial charge on any atom is 0.341 e. The number of ether oxygens (including phenoxy) is 1. The van der Waals surface area contributed by atoms with Crippen molar-refractivity contribution in [2.75, 3.05) is 7.11 Å². The van der Waals surface area contributed by atoms with Crippen LogP contribution in [0.1, 0.15) is 12.5 Å². The number of hydrogen-bond donors (Lipinski definition) is 0. The van der Waals surface area contributed by atoms with Crippen LogP contribution in [0.4, 0.5) is 13.2 Å². The second-order valence-corrected chi connectivity index (χ2v) is 3.40. The molecular weight excluding hydrogens is 249 g/mol. The summed E-state index contributed by atoms with van der Waals surface area (Å²) in [5, 5.41) is 0. The van der Waals surface area contributed by atoms with Gasteiger partial charge in [-0.25, -0.2) is 18.0 Å². The van der Waals surface area contributed by atoms with Gasteiger partial charge in [-0.15, -0.1) is 0 Å². The summed E-state index contributed by atoms with van der Waals surface area (Å²) < 4.78 is 42.9. The first-order valence-electron chi connectivity index (χ1n) is 4.82. The Morgan fingerprint density at radius 3 is 2.06 bits per heavy atom. The lowest BCUT2D eigenvalue weighted by molar-refractivity contribution is -0.137. The zero-order chi connectivity index (χ0) is 13.9. The van der Waals surface area contributed by atoms with Crippen LogP contribution in [-0.4, -0.2) is 18.9 Å². The van der Waals surface area contributed by atoms with E-state index < -0.39 is 29.2 Å². The minimum atomic E-state index is -1.62. The minimum Gasteiger partial charge on any atom is -0.465 e. The maximum absolute atomic E-state index is 12.9. The Morgan fingerprint density at radius 2 is 1.67 bits per heavy atom. The third kappa shape index (κ3) is 2.97. The number of Topliss-reactive ketones (excluding diaryl/α,β-unsaturated/α-hetero) is 1. The van der Waals surface area contributed by atoms with Crippen LogP contribution in [0, 0.1) is 17.5 Å². The summed E-state index contributed by atoms with van der Waals surface area (Å²) in [5.41, 5.74) is -0.537. The average Bonchev–Trinajstić information content (AvgIpc) is 2.31. The van der Waals surface area contributed by atoms with Gasteiger partial charge in [-0.3, -0.25) is 4.79 Å². The summed E-state index contributed by atoms with van der Waals surface area (Å²) in [6.07, 6.45) is 0.930. The molecule has 1 aromatic rings. The average molecular weight is 258 g/mol. The highest BCUT2D eigenvalue weighted by Crippen LogP contribution is 2.16. The SMILES string of the molecule is COC(=O)C(=Cc1cc(F)c(F)c(F)c1)C(C)=O. The molecule has 0 aliphatic heterocycles. The van der Waals surface area contributed by atoms with E-state index in [1.807, 2.05) is 0 Å². The van der Waals surface area contributed by atoms with Gasteiger partial charge in [-0.2, -0.15) is 0 Å². The summed E-state index contributed by atoms with van der Waals surface area (Å²) in [7, 11) is 1.06. The number of esters is 1. The Bertz CT molecular complexity index is 512. The Hall–Kier alpha value is -2.11. The van der Waals surface area contributed by atoms with Crippen LogP contribution >= 0.6 is 0 Å². The van der Waals surface area contributed by atoms with Crippen LogP contribution in [0.15, 0.2) is 17.7 Å². The molecule has 1 aromatic carbocycles. The summed E-state index contributed by atoms with van der Waals surface area (Å²) >= 11 is 0. The second-order valence-electron chi connectivity index (χ2n) is 3.40. The predicted molar refractivity (Wildman–Crippen MR) is 57.0 cm³/mol. The molecule has 0 unspecified atom stereocenters. The molecule has 0 N–H and O–H groups in total. The molecule has 0 fully saturated rings. The van der Waals surface area contributed by atoms with Crippen molar-refractivity contribution >= 4 is 17.8 Å². The zero-order valence-electron chi connectivity index (χ0n) is 9.59. The largest absolute Gasteiger partial charge is 0.465 e. The molecule has 0 amide bonds. The molecule has 0 spiro atoms. The van der Waals surface area contributed by atoms with E-state index >= 15 is 0 Å². The van der Waals surface area contributed by atoms with Crippen molar-refractivity contribution in [2.24, 2.45) is 0 Å². The van der Waals surface area contributed by atoms with Gasteiger partial charge in [0.05, 0.1) is 7.11 Å². The van der Waals surface area contributed by atoms with E-state index in [0.717, 1.165) is 20.1 Å². The molecular formula is C12H9F3O3. The highest BCUT2D eigenvalue weighted by atomic mass is 19.2. The van der Waals surface area contributed by atoms with Gasteiger partial charge in [0.1, 0.15) is 5.57 Å². The normalized spacial score (nSPS) is 11.3. The molecule has 96 valence electrons. The maximum atomic E-state index is 12.9. The molecule has 18 heavy (non-hydrogen) atoms. The predicted octanol–water partition coefficient (Wildman–Crippen LogP) is 2.25. The Labute approximate surface area is 101 Å². The molecule has 0 aliphatic rings. The lowest BCUT2D eigenvalue weighted by atomic mass is 10.1. The van der Waals surface area contributed by atoms with Gasteiger partial charge in [0.15, 0.2) is 23.2 Å². The summed E-state index contributed by atoms with van der Waals surface area (Å²) in [5.74, 6) is -6.00. The van der Waals surface area contributed by atoms with Crippen LogP contribution in [0.25, 0.3) is 6.08 Å². The lowest BCUT2D eigenvalue weighted by Gasteiger charge is -2.02. The minimum absolute atomic E-state index is 0.151. The Balaban J connectivity index is 3.29. The van der Waals surface area contributed by atoms with Crippen LogP contribution < -0.4 is 0 Å². The molecule has 0 saturated heterocycles. The van der Waals surface area contributed by atoms with Gasteiger partial charge in [-0.1, -0.05) is 0 Å². The molecule has 0 saturated carbocycles. The van der Waals surface area contributed by atoms with E-state index in [2.05, 4.69) is 4.74 Å². The quantitative estimate of drug-likeness (QED) is 0.274. The van der Waals surface area contributed by atoms with Crippen LogP contribution in [0.3, 0.4) is 0 Å². The molecule has 0 aromatic heterocycles. The number of halogens is 3.